The summed E-state index contributed by atoms with van der Waals surface area (Å²) < 4.78 is 30.0. The van der Waals surface area contributed by atoms with Gasteiger partial charge in [0.15, 0.2) is 5.78 Å². The number of Topliss-reactive ketones (excluding diaryl/α,β-unsaturated/α-hetero) is 3. The van der Waals surface area contributed by atoms with Gasteiger partial charge in [-0.05, 0) is 114 Å². The molecule has 2 bridgehead atoms. The number of ketones is 3. The van der Waals surface area contributed by atoms with E-state index in [0.29, 0.717) is 88.5 Å². The highest BCUT2D eigenvalue weighted by Gasteiger charge is 2.53. The molecule has 4 fully saturated rings. The number of nitrogens with two attached hydrogens (primary N) is 1. The van der Waals surface area contributed by atoms with Crippen LogP contribution in [0.1, 0.15) is 130 Å². The van der Waals surface area contributed by atoms with Crippen LogP contribution in [0.4, 0.5) is 16.7 Å². The number of anilines is 2. The Kier molecular flexibility index (Phi) is 25.6. The van der Waals surface area contributed by atoms with Crippen molar-refractivity contribution in [3.63, 3.8) is 0 Å². The van der Waals surface area contributed by atoms with Crippen molar-refractivity contribution in [2.24, 2.45) is 35.3 Å². The van der Waals surface area contributed by atoms with E-state index in [-0.39, 0.29) is 62.4 Å². The Morgan fingerprint density at radius 2 is 1.53 bits per heavy atom. The number of carbonyl (C=O) groups is 6. The number of methoxy groups -OCH3 is 2. The molecule has 1 unspecified atom stereocenters. The van der Waals surface area contributed by atoms with E-state index >= 15 is 0 Å². The summed E-state index contributed by atoms with van der Waals surface area (Å²) in [5.41, 5.74) is 9.59. The minimum atomic E-state index is -2.50. The van der Waals surface area contributed by atoms with Gasteiger partial charge in [-0.15, -0.1) is 0 Å². The lowest BCUT2D eigenvalue weighted by Gasteiger charge is -2.42. The maximum Gasteiger partial charge on any atom is 0.407 e. The molecule has 24 heteroatoms. The van der Waals surface area contributed by atoms with Crippen LogP contribution in [-0.2, 0) is 54.2 Å². The zero-order chi connectivity index (χ0) is 64.7. The van der Waals surface area contributed by atoms with Crippen LogP contribution < -0.4 is 20.9 Å². The highest BCUT2D eigenvalue weighted by atomic mass is 16.6. The van der Waals surface area contributed by atoms with Gasteiger partial charge in [-0.3, -0.25) is 19.2 Å². The number of aliphatic hydroxyl groups excluding tert-OH is 3. The first-order valence-corrected chi connectivity index (χ1v) is 31.5. The molecule has 1 saturated carbocycles. The van der Waals surface area contributed by atoms with Gasteiger partial charge < -0.3 is 69.9 Å². The van der Waals surface area contributed by atoms with Crippen molar-refractivity contribution in [1.29, 1.82) is 0 Å². The van der Waals surface area contributed by atoms with E-state index in [1.807, 2.05) is 61.0 Å². The number of nitrogens with zero attached hydrogens (tertiary/aromatic N) is 7. The molecular formula is C65H95N9O15. The third kappa shape index (κ3) is 18.4. The minimum Gasteiger partial charge on any atom is -0.459 e. The monoisotopic (exact) mass is 1240 g/mol. The van der Waals surface area contributed by atoms with Crippen molar-refractivity contribution in [2.45, 2.75) is 199 Å². The Hall–Kier alpha value is -6.38. The van der Waals surface area contributed by atoms with Gasteiger partial charge in [0.1, 0.15) is 36.2 Å². The van der Waals surface area contributed by atoms with E-state index in [9.17, 15) is 49.2 Å². The molecule has 490 valence electrons. The lowest BCUT2D eigenvalue weighted by Crippen LogP contribution is -2.61. The number of cyclic esters (lactones) is 1. The number of aromatic nitrogens is 4. The van der Waals surface area contributed by atoms with E-state index in [0.717, 1.165) is 16.0 Å². The Morgan fingerprint density at radius 1 is 0.809 bits per heavy atom. The fourth-order valence-corrected chi connectivity index (χ4v) is 12.7. The Balaban J connectivity index is 1.03. The standard InChI is InChI=1S/C65H95N9O15/c1-38-15-11-10-12-16-40(3)53(85-8)29-48-20-18-44(7)65(84,89-48)59(80)60(81)74-22-14-13-17-50(74)61(82)87-54(30-51(76)41(4)26-43(6)57(78)58(79)56(77)42(5)25-38)49(66)27-45-19-21-52(55(28-45)86-9)88-64(83)71-35-46-33-69-63(70-34-46)73-24-23-72(36-47(73)37-75)62-67-31-39(2)32-68-62/h10-12,15-16,26,31-34,38,41-42,44-45,47-50,52-55,57-58,75,78-79,84H,13-14,17-25,27-30,35-37,66H2,1-9H3,(H,71,83)/b12-10?,15-11+,40-16?,43-26+/t38-,41-,42-,44-,45+,47?,48+,49-,50+,52-,53+,54+,55-,57-,58+,65-/m1/s1. The Bertz CT molecular complexity index is 2850. The molecule has 0 aromatic carbocycles. The van der Waals surface area contributed by atoms with E-state index in [1.165, 1.54) is 20.1 Å². The number of nitrogens with one attached hydrogen (secondary N) is 1. The maximum atomic E-state index is 14.6. The third-order valence-corrected chi connectivity index (χ3v) is 18.4. The van der Waals surface area contributed by atoms with E-state index in [4.69, 9.17) is 29.4 Å². The topological polar surface area (TPSA) is 329 Å². The highest BCUT2D eigenvalue weighted by Crippen LogP contribution is 2.38. The molecular weight excluding hydrogens is 1150 g/mol. The number of alkyl carbamates (subject to hydrolysis) is 1. The van der Waals surface area contributed by atoms with Crippen LogP contribution in [0, 0.1) is 36.5 Å². The number of amides is 2. The molecule has 3 saturated heterocycles. The number of piperidine rings is 1. The first kappa shape index (κ1) is 70.1. The summed E-state index contributed by atoms with van der Waals surface area (Å²) in [6, 6.07) is -2.54. The number of fused-ring (bicyclic) bond motifs is 3. The number of rotatable bonds is 11. The van der Waals surface area contributed by atoms with Gasteiger partial charge in [0.25, 0.3) is 11.7 Å². The van der Waals surface area contributed by atoms with Crippen LogP contribution in [0.3, 0.4) is 0 Å². The van der Waals surface area contributed by atoms with Gasteiger partial charge in [0, 0.05) is 114 Å². The second kappa shape index (κ2) is 32.6. The summed E-state index contributed by atoms with van der Waals surface area (Å²) in [6.45, 7) is 13.7. The minimum absolute atomic E-state index is 0.00255. The molecule has 2 aromatic rings. The number of hydrogen-bond acceptors (Lipinski definition) is 22. The number of aliphatic hydroxyl groups is 4. The van der Waals surface area contributed by atoms with Crippen LogP contribution >= 0.6 is 0 Å². The van der Waals surface area contributed by atoms with Crippen LogP contribution in [0.2, 0.25) is 0 Å². The quantitative estimate of drug-likeness (QED) is 0.101. The van der Waals surface area contributed by atoms with Gasteiger partial charge in [0.2, 0.25) is 17.7 Å². The number of esters is 1. The number of aryl methyl sites for hydroxylation is 1. The molecule has 89 heavy (non-hydrogen) atoms. The van der Waals surface area contributed by atoms with Crippen molar-refractivity contribution in [3.05, 3.63) is 83.5 Å². The SMILES string of the molecule is CO[C@H]1C[C@@H]2CC[C@@H](C)[C@@](O)(O2)C(=O)C(=O)N2CCCC[C@H]2C(=O)O[C@H]([C@H](N)C[C@@H]2CC[C@@H](OC(=O)NCc3cnc(N4CCN(c5ncc(C)cn5)CC4CO)nc3)[C@H](OC)C2)CC(=O)[C@H](C)/C=C(\C)[C@@H](O)[C@@H](O)C(=O)[C@H](C)C[C@H](C)/C=C/C=CC=C1C. The van der Waals surface area contributed by atoms with Crippen LogP contribution in [-0.4, -0.2) is 194 Å². The zero-order valence-corrected chi connectivity index (χ0v) is 53.1. The summed E-state index contributed by atoms with van der Waals surface area (Å²) in [5, 5.41) is 47.5. The fraction of sp³-hybridized carbons (Fsp3) is 0.662. The lowest BCUT2D eigenvalue weighted by atomic mass is 9.80. The van der Waals surface area contributed by atoms with Gasteiger partial charge in [0.05, 0.1) is 31.0 Å². The van der Waals surface area contributed by atoms with Crippen LogP contribution in [0.25, 0.3) is 0 Å². The van der Waals surface area contributed by atoms with Crippen LogP contribution in [0.15, 0.2) is 72.4 Å². The average Bonchev–Trinajstić information content (AvgIpc) is 2.20. The second-order valence-electron chi connectivity index (χ2n) is 25.2. The van der Waals surface area contributed by atoms with Gasteiger partial charge in [-0.2, -0.15) is 0 Å². The molecule has 2 aromatic heterocycles. The molecule has 0 radical (unpaired) electrons. The number of ether oxygens (including phenoxy) is 5. The van der Waals surface area contributed by atoms with Crippen molar-refractivity contribution >= 4 is 47.2 Å². The first-order valence-electron chi connectivity index (χ1n) is 31.5. The molecule has 24 nitrogen and oxygen atoms in total. The van der Waals surface area contributed by atoms with Crippen molar-refractivity contribution in [3.8, 4) is 0 Å². The molecule has 0 spiro atoms. The number of hydrogen-bond donors (Lipinski definition) is 6. The average molecular weight is 1240 g/mol. The molecule has 4 aliphatic heterocycles. The largest absolute Gasteiger partial charge is 0.459 e. The summed E-state index contributed by atoms with van der Waals surface area (Å²) in [7, 11) is 3.06. The molecule has 7 N–H and O–H groups in total. The number of carbonyl (C=O) groups excluding carboxylic acids is 6. The predicted molar refractivity (Wildman–Crippen MR) is 329 cm³/mol. The molecule has 5 aliphatic rings. The van der Waals surface area contributed by atoms with Gasteiger partial charge in [-0.1, -0.05) is 64.2 Å². The normalized spacial score (nSPS) is 33.5. The van der Waals surface area contributed by atoms with E-state index in [2.05, 4.69) is 25.3 Å². The van der Waals surface area contributed by atoms with Crippen LogP contribution in [0.5, 0.6) is 0 Å². The van der Waals surface area contributed by atoms with Gasteiger partial charge in [-0.25, -0.2) is 29.5 Å². The molecule has 16 atom stereocenters. The third-order valence-electron chi connectivity index (χ3n) is 18.4. The smallest absolute Gasteiger partial charge is 0.407 e. The lowest BCUT2D eigenvalue weighted by molar-refractivity contribution is -0.265. The number of allylic oxidation sites excluding steroid dienone is 6. The maximum absolute atomic E-state index is 14.6. The molecule has 2 amide bonds. The summed E-state index contributed by atoms with van der Waals surface area (Å²) in [5.74, 6) is -8.23. The number of piperazine rings is 1. The zero-order valence-electron chi connectivity index (χ0n) is 53.1. The first-order chi connectivity index (χ1) is 42.4. The summed E-state index contributed by atoms with van der Waals surface area (Å²) in [6.07, 6.45) is 13.5. The Labute approximate surface area is 522 Å². The fourth-order valence-electron chi connectivity index (χ4n) is 12.7. The Morgan fingerprint density at radius 3 is 2.22 bits per heavy atom. The highest BCUT2D eigenvalue weighted by molar-refractivity contribution is 6.39. The summed E-state index contributed by atoms with van der Waals surface area (Å²) in [4.78, 5) is 108. The second-order valence-corrected chi connectivity index (χ2v) is 25.2. The molecule has 6 heterocycles. The van der Waals surface area contributed by atoms with Crippen molar-refractivity contribution < 1.29 is 72.9 Å². The van der Waals surface area contributed by atoms with E-state index < -0.39 is 120 Å². The molecule has 7 rings (SSSR count). The van der Waals surface area contributed by atoms with Gasteiger partial charge >= 0.3 is 12.1 Å². The molecule has 1 aliphatic carbocycles. The van der Waals surface area contributed by atoms with Crippen molar-refractivity contribution in [2.75, 3.05) is 56.8 Å². The van der Waals surface area contributed by atoms with Crippen molar-refractivity contribution in [1.82, 2.24) is 30.2 Å². The predicted octanol–water partition coefficient (Wildman–Crippen LogP) is 4.73. The van der Waals surface area contributed by atoms with E-state index in [1.54, 1.807) is 52.7 Å². The summed E-state index contributed by atoms with van der Waals surface area (Å²) >= 11 is 0.